The lowest BCUT2D eigenvalue weighted by Gasteiger charge is -2.09. The van der Waals surface area contributed by atoms with Gasteiger partial charge in [0.05, 0.1) is 5.56 Å². The molecule has 0 saturated carbocycles. The molecule has 0 spiro atoms. The van der Waals surface area contributed by atoms with Crippen LogP contribution in [0.4, 0.5) is 5.69 Å². The van der Waals surface area contributed by atoms with Crippen molar-refractivity contribution < 1.29 is 4.79 Å². The lowest BCUT2D eigenvalue weighted by atomic mass is 10.1. The van der Waals surface area contributed by atoms with Crippen LogP contribution in [-0.4, -0.2) is 24.5 Å². The molecule has 4 nitrogen and oxygen atoms in total. The van der Waals surface area contributed by atoms with E-state index in [1.807, 2.05) is 43.4 Å². The van der Waals surface area contributed by atoms with Crippen LogP contribution < -0.4 is 10.6 Å². The molecule has 0 unspecified atom stereocenters. The second kappa shape index (κ2) is 6.54. The van der Waals surface area contributed by atoms with Gasteiger partial charge in [-0.25, -0.2) is 0 Å². The first kappa shape index (κ1) is 13.1. The van der Waals surface area contributed by atoms with Crippen molar-refractivity contribution in [2.24, 2.45) is 0 Å². The second-order valence-corrected chi connectivity index (χ2v) is 4.16. The van der Waals surface area contributed by atoms with Crippen molar-refractivity contribution in [1.29, 1.82) is 0 Å². The van der Waals surface area contributed by atoms with Crippen LogP contribution in [0.5, 0.6) is 0 Å². The highest BCUT2D eigenvalue weighted by atomic mass is 16.1. The van der Waals surface area contributed by atoms with E-state index in [1.165, 1.54) is 0 Å². The number of aromatic nitrogens is 1. The molecule has 0 bridgehead atoms. The van der Waals surface area contributed by atoms with Crippen LogP contribution in [0.3, 0.4) is 0 Å². The van der Waals surface area contributed by atoms with Crippen LogP contribution in [0.15, 0.2) is 48.8 Å². The summed E-state index contributed by atoms with van der Waals surface area (Å²) in [5.74, 6) is -0.0565. The fourth-order valence-corrected chi connectivity index (χ4v) is 1.86. The van der Waals surface area contributed by atoms with Gasteiger partial charge in [0.2, 0.25) is 0 Å². The fourth-order valence-electron chi connectivity index (χ4n) is 1.86. The third-order valence-corrected chi connectivity index (χ3v) is 2.89. The molecule has 0 radical (unpaired) electrons. The Morgan fingerprint density at radius 1 is 1.16 bits per heavy atom. The lowest BCUT2D eigenvalue weighted by molar-refractivity contribution is 0.0955. The maximum Gasteiger partial charge on any atom is 0.253 e. The number of rotatable bonds is 5. The summed E-state index contributed by atoms with van der Waals surface area (Å²) in [5, 5.41) is 5.94. The van der Waals surface area contributed by atoms with Crippen molar-refractivity contribution in [3.63, 3.8) is 0 Å². The Hall–Kier alpha value is -2.36. The third-order valence-electron chi connectivity index (χ3n) is 2.89. The minimum Gasteiger partial charge on any atom is -0.387 e. The highest BCUT2D eigenvalue weighted by molar-refractivity contribution is 5.99. The quantitative estimate of drug-likeness (QED) is 0.860. The standard InChI is InChI=1S/C15H17N3O/c1-16-14-5-3-2-4-13(14)15(19)18-11-8-12-6-9-17-10-7-12/h2-7,9-10,16H,8,11H2,1H3,(H,18,19). The Kier molecular flexibility index (Phi) is 4.50. The monoisotopic (exact) mass is 255 g/mol. The molecule has 4 heteroatoms. The molecule has 1 amide bonds. The van der Waals surface area contributed by atoms with E-state index in [-0.39, 0.29) is 5.91 Å². The first-order chi connectivity index (χ1) is 9.31. The summed E-state index contributed by atoms with van der Waals surface area (Å²) in [4.78, 5) is 16.0. The van der Waals surface area contributed by atoms with Gasteiger partial charge in [0.1, 0.15) is 0 Å². The molecule has 2 aromatic rings. The van der Waals surface area contributed by atoms with Gasteiger partial charge >= 0.3 is 0 Å². The Balaban J connectivity index is 1.91. The van der Waals surface area contributed by atoms with Crippen molar-refractivity contribution in [2.75, 3.05) is 18.9 Å². The average molecular weight is 255 g/mol. The Morgan fingerprint density at radius 2 is 1.89 bits per heavy atom. The topological polar surface area (TPSA) is 54.0 Å². The van der Waals surface area contributed by atoms with Gasteiger partial charge in [0.25, 0.3) is 5.91 Å². The fraction of sp³-hybridized carbons (Fsp3) is 0.200. The van der Waals surface area contributed by atoms with Gasteiger partial charge in [-0.05, 0) is 36.2 Å². The van der Waals surface area contributed by atoms with Crippen LogP contribution in [0.1, 0.15) is 15.9 Å². The Morgan fingerprint density at radius 3 is 2.63 bits per heavy atom. The molecule has 0 atom stereocenters. The summed E-state index contributed by atoms with van der Waals surface area (Å²) < 4.78 is 0. The van der Waals surface area contributed by atoms with E-state index < -0.39 is 0 Å². The van der Waals surface area contributed by atoms with E-state index in [9.17, 15) is 4.79 Å². The molecule has 0 saturated heterocycles. The normalized spacial score (nSPS) is 9.95. The van der Waals surface area contributed by atoms with E-state index in [1.54, 1.807) is 12.4 Å². The molecular weight excluding hydrogens is 238 g/mol. The molecule has 0 aliphatic rings. The molecule has 98 valence electrons. The van der Waals surface area contributed by atoms with Gasteiger partial charge < -0.3 is 10.6 Å². The summed E-state index contributed by atoms with van der Waals surface area (Å²) >= 11 is 0. The molecule has 0 fully saturated rings. The number of carbonyl (C=O) groups is 1. The van der Waals surface area contributed by atoms with Crippen LogP contribution in [-0.2, 0) is 6.42 Å². The number of nitrogens with zero attached hydrogens (tertiary/aromatic N) is 1. The van der Waals surface area contributed by atoms with Gasteiger partial charge in [-0.1, -0.05) is 12.1 Å². The molecule has 0 aliphatic heterocycles. The van der Waals surface area contributed by atoms with Crippen molar-refractivity contribution in [3.8, 4) is 0 Å². The number of benzene rings is 1. The predicted molar refractivity (Wildman–Crippen MR) is 76.3 cm³/mol. The van der Waals surface area contributed by atoms with Crippen LogP contribution in [0.25, 0.3) is 0 Å². The van der Waals surface area contributed by atoms with Crippen molar-refractivity contribution in [2.45, 2.75) is 6.42 Å². The summed E-state index contributed by atoms with van der Waals surface area (Å²) in [6.07, 6.45) is 4.32. The largest absolute Gasteiger partial charge is 0.387 e. The van der Waals surface area contributed by atoms with Gasteiger partial charge in [-0.15, -0.1) is 0 Å². The molecule has 19 heavy (non-hydrogen) atoms. The van der Waals surface area contributed by atoms with Gasteiger partial charge in [-0.3, -0.25) is 9.78 Å². The van der Waals surface area contributed by atoms with Crippen molar-refractivity contribution >= 4 is 11.6 Å². The zero-order chi connectivity index (χ0) is 13.5. The highest BCUT2D eigenvalue weighted by Gasteiger charge is 2.08. The first-order valence-electron chi connectivity index (χ1n) is 6.25. The maximum absolute atomic E-state index is 12.1. The van der Waals surface area contributed by atoms with Crippen molar-refractivity contribution in [3.05, 3.63) is 59.9 Å². The number of amides is 1. The molecule has 1 aromatic heterocycles. The molecule has 1 heterocycles. The molecule has 2 rings (SSSR count). The average Bonchev–Trinajstić information content (AvgIpc) is 2.48. The van der Waals surface area contributed by atoms with E-state index in [2.05, 4.69) is 15.6 Å². The first-order valence-corrected chi connectivity index (χ1v) is 6.25. The van der Waals surface area contributed by atoms with E-state index in [0.717, 1.165) is 17.7 Å². The number of pyridine rings is 1. The number of anilines is 1. The SMILES string of the molecule is CNc1ccccc1C(=O)NCCc1ccncc1. The summed E-state index contributed by atoms with van der Waals surface area (Å²) in [5.41, 5.74) is 2.67. The third kappa shape index (κ3) is 3.55. The van der Waals surface area contributed by atoms with Gasteiger partial charge in [0, 0.05) is 31.7 Å². The zero-order valence-electron chi connectivity index (χ0n) is 10.9. The number of carbonyl (C=O) groups excluding carboxylic acids is 1. The minimum atomic E-state index is -0.0565. The summed E-state index contributed by atoms with van der Waals surface area (Å²) in [6, 6.07) is 11.4. The Labute approximate surface area is 112 Å². The van der Waals surface area contributed by atoms with Crippen molar-refractivity contribution in [1.82, 2.24) is 10.3 Å². The maximum atomic E-state index is 12.1. The Bertz CT molecular complexity index is 540. The van der Waals surface area contributed by atoms with Gasteiger partial charge in [-0.2, -0.15) is 0 Å². The number of nitrogens with one attached hydrogen (secondary N) is 2. The second-order valence-electron chi connectivity index (χ2n) is 4.16. The molecular formula is C15H17N3O. The molecule has 2 N–H and O–H groups in total. The molecule has 0 aliphatic carbocycles. The minimum absolute atomic E-state index is 0.0565. The van der Waals surface area contributed by atoms with Gasteiger partial charge in [0.15, 0.2) is 0 Å². The lowest BCUT2D eigenvalue weighted by Crippen LogP contribution is -2.26. The number of para-hydroxylation sites is 1. The van der Waals surface area contributed by atoms with E-state index in [4.69, 9.17) is 0 Å². The summed E-state index contributed by atoms with van der Waals surface area (Å²) in [7, 11) is 1.81. The van der Waals surface area contributed by atoms with Crippen LogP contribution in [0, 0.1) is 0 Å². The highest BCUT2D eigenvalue weighted by Crippen LogP contribution is 2.13. The van der Waals surface area contributed by atoms with Crippen LogP contribution in [0.2, 0.25) is 0 Å². The van der Waals surface area contributed by atoms with Crippen LogP contribution >= 0.6 is 0 Å². The van der Waals surface area contributed by atoms with E-state index >= 15 is 0 Å². The number of hydrogen-bond acceptors (Lipinski definition) is 3. The zero-order valence-corrected chi connectivity index (χ0v) is 10.9. The predicted octanol–water partition coefficient (Wildman–Crippen LogP) is 2.10. The number of hydrogen-bond donors (Lipinski definition) is 2. The smallest absolute Gasteiger partial charge is 0.253 e. The summed E-state index contributed by atoms with van der Waals surface area (Å²) in [6.45, 7) is 0.612. The van der Waals surface area contributed by atoms with E-state index in [0.29, 0.717) is 12.1 Å². The molecule has 1 aromatic carbocycles.